The Hall–Kier alpha value is -0.120. The minimum absolute atomic E-state index is 0.0704. The first kappa shape index (κ1) is 12.3. The van der Waals surface area contributed by atoms with Crippen molar-refractivity contribution in [2.75, 3.05) is 13.2 Å². The molecule has 0 radical (unpaired) electrons. The van der Waals surface area contributed by atoms with Gasteiger partial charge in [0, 0.05) is 12.3 Å². The molecule has 0 aromatic rings. The van der Waals surface area contributed by atoms with Crippen molar-refractivity contribution in [1.82, 2.24) is 0 Å². The quantitative estimate of drug-likeness (QED) is 0.787. The van der Waals surface area contributed by atoms with E-state index >= 15 is 0 Å². The Morgan fingerprint density at radius 3 is 2.69 bits per heavy atom. The van der Waals surface area contributed by atoms with E-state index in [4.69, 9.17) is 14.6 Å². The van der Waals surface area contributed by atoms with Crippen molar-refractivity contribution in [3.05, 3.63) is 0 Å². The van der Waals surface area contributed by atoms with E-state index in [1.807, 2.05) is 0 Å². The Kier molecular flexibility index (Phi) is 3.57. The molecule has 3 unspecified atom stereocenters. The molecular weight excluding hydrogens is 204 g/mol. The lowest BCUT2D eigenvalue weighted by Crippen LogP contribution is -2.47. The zero-order chi connectivity index (χ0) is 11.8. The zero-order valence-electron chi connectivity index (χ0n) is 10.6. The van der Waals surface area contributed by atoms with Crippen LogP contribution >= 0.6 is 0 Å². The maximum atomic E-state index is 9.17. The van der Waals surface area contributed by atoms with Crippen molar-refractivity contribution in [2.24, 2.45) is 17.8 Å². The molecule has 16 heavy (non-hydrogen) atoms. The molecule has 1 heterocycles. The van der Waals surface area contributed by atoms with Crippen LogP contribution in [0.5, 0.6) is 0 Å². The van der Waals surface area contributed by atoms with E-state index in [0.29, 0.717) is 24.4 Å². The van der Waals surface area contributed by atoms with Crippen LogP contribution in [0.2, 0.25) is 0 Å². The summed E-state index contributed by atoms with van der Waals surface area (Å²) in [5.41, 5.74) is 0. The second-order valence-electron chi connectivity index (χ2n) is 5.78. The van der Waals surface area contributed by atoms with E-state index in [1.165, 1.54) is 12.8 Å². The molecule has 2 fully saturated rings. The van der Waals surface area contributed by atoms with Crippen LogP contribution in [-0.4, -0.2) is 30.2 Å². The lowest BCUT2D eigenvalue weighted by atomic mass is 9.73. The molecule has 0 amide bonds. The standard InChI is InChI=1S/C13H24O3/c1-9(2)12-5-4-10(3)6-13(12)15-8-11(7-14)16-13/h9-12,14H,4-8H2,1-3H3/t10?,11?,12-,13?/m0/s1. The van der Waals surface area contributed by atoms with Gasteiger partial charge in [-0.1, -0.05) is 27.2 Å². The summed E-state index contributed by atoms with van der Waals surface area (Å²) in [6.07, 6.45) is 3.30. The van der Waals surface area contributed by atoms with Gasteiger partial charge in [0.1, 0.15) is 6.10 Å². The first-order valence-corrected chi connectivity index (χ1v) is 6.50. The number of rotatable bonds is 2. The van der Waals surface area contributed by atoms with Crippen LogP contribution in [0.1, 0.15) is 40.0 Å². The molecule has 4 atom stereocenters. The molecule has 3 heteroatoms. The minimum atomic E-state index is -0.404. The maximum absolute atomic E-state index is 9.17. The molecule has 1 saturated carbocycles. The summed E-state index contributed by atoms with van der Waals surface area (Å²) in [7, 11) is 0. The van der Waals surface area contributed by atoms with Gasteiger partial charge in [0.05, 0.1) is 13.2 Å². The van der Waals surface area contributed by atoms with Gasteiger partial charge < -0.3 is 14.6 Å². The monoisotopic (exact) mass is 228 g/mol. The molecule has 0 aromatic carbocycles. The topological polar surface area (TPSA) is 38.7 Å². The Morgan fingerprint density at radius 1 is 1.38 bits per heavy atom. The summed E-state index contributed by atoms with van der Waals surface area (Å²) in [5.74, 6) is 1.30. The summed E-state index contributed by atoms with van der Waals surface area (Å²) in [6, 6.07) is 0. The van der Waals surface area contributed by atoms with Crippen molar-refractivity contribution in [3.8, 4) is 0 Å². The van der Waals surface area contributed by atoms with Crippen LogP contribution < -0.4 is 0 Å². The Morgan fingerprint density at radius 2 is 2.12 bits per heavy atom. The highest BCUT2D eigenvalue weighted by Gasteiger charge is 2.51. The summed E-state index contributed by atoms with van der Waals surface area (Å²) < 4.78 is 12.0. The molecule has 3 nitrogen and oxygen atoms in total. The second kappa shape index (κ2) is 4.63. The van der Waals surface area contributed by atoms with Crippen LogP contribution in [0.15, 0.2) is 0 Å². The number of ether oxygens (including phenoxy) is 2. The van der Waals surface area contributed by atoms with Crippen LogP contribution in [0.25, 0.3) is 0 Å². The minimum Gasteiger partial charge on any atom is -0.394 e. The van der Waals surface area contributed by atoms with Crippen molar-refractivity contribution in [2.45, 2.75) is 51.9 Å². The highest BCUT2D eigenvalue weighted by atomic mass is 16.7. The smallest absolute Gasteiger partial charge is 0.172 e. The summed E-state index contributed by atoms with van der Waals surface area (Å²) >= 11 is 0. The average molecular weight is 228 g/mol. The van der Waals surface area contributed by atoms with Gasteiger partial charge in [0.2, 0.25) is 0 Å². The third kappa shape index (κ3) is 2.13. The van der Waals surface area contributed by atoms with Crippen molar-refractivity contribution < 1.29 is 14.6 Å². The molecule has 1 spiro atoms. The normalized spacial score (nSPS) is 44.4. The highest BCUT2D eigenvalue weighted by molar-refractivity contribution is 4.92. The summed E-state index contributed by atoms with van der Waals surface area (Å²) in [6.45, 7) is 7.35. The van der Waals surface area contributed by atoms with E-state index in [-0.39, 0.29) is 12.7 Å². The maximum Gasteiger partial charge on any atom is 0.172 e. The molecule has 1 aliphatic heterocycles. The lowest BCUT2D eigenvalue weighted by molar-refractivity contribution is -0.240. The van der Waals surface area contributed by atoms with Crippen LogP contribution in [0, 0.1) is 17.8 Å². The van der Waals surface area contributed by atoms with Crippen molar-refractivity contribution >= 4 is 0 Å². The molecular formula is C13H24O3. The fourth-order valence-electron chi connectivity index (χ4n) is 3.24. The fraction of sp³-hybridized carbons (Fsp3) is 1.00. The van der Waals surface area contributed by atoms with E-state index in [0.717, 1.165) is 6.42 Å². The third-order valence-electron chi connectivity index (χ3n) is 4.06. The first-order chi connectivity index (χ1) is 7.57. The van der Waals surface area contributed by atoms with Gasteiger partial charge in [-0.15, -0.1) is 0 Å². The van der Waals surface area contributed by atoms with Crippen molar-refractivity contribution in [3.63, 3.8) is 0 Å². The average Bonchev–Trinajstić information content (AvgIpc) is 2.61. The van der Waals surface area contributed by atoms with Gasteiger partial charge in [0.25, 0.3) is 0 Å². The Bertz CT molecular complexity index is 241. The van der Waals surface area contributed by atoms with E-state index in [9.17, 15) is 0 Å². The fourth-order valence-corrected chi connectivity index (χ4v) is 3.24. The van der Waals surface area contributed by atoms with Gasteiger partial charge >= 0.3 is 0 Å². The van der Waals surface area contributed by atoms with E-state index in [1.54, 1.807) is 0 Å². The molecule has 0 bridgehead atoms. The number of aliphatic hydroxyl groups is 1. The predicted octanol–water partition coefficient (Wildman–Crippen LogP) is 2.18. The van der Waals surface area contributed by atoms with Crippen LogP contribution in [-0.2, 0) is 9.47 Å². The number of hydrogen-bond donors (Lipinski definition) is 1. The molecule has 2 aliphatic rings. The molecule has 1 saturated heterocycles. The van der Waals surface area contributed by atoms with Gasteiger partial charge in [-0.05, 0) is 18.3 Å². The molecule has 2 rings (SSSR count). The summed E-state index contributed by atoms with van der Waals surface area (Å²) in [4.78, 5) is 0. The molecule has 0 aromatic heterocycles. The van der Waals surface area contributed by atoms with Gasteiger partial charge in [-0.3, -0.25) is 0 Å². The lowest BCUT2D eigenvalue weighted by Gasteiger charge is -2.44. The van der Waals surface area contributed by atoms with Gasteiger partial charge in [-0.25, -0.2) is 0 Å². The van der Waals surface area contributed by atoms with E-state index < -0.39 is 5.79 Å². The number of aliphatic hydroxyl groups excluding tert-OH is 1. The van der Waals surface area contributed by atoms with E-state index in [2.05, 4.69) is 20.8 Å². The predicted molar refractivity (Wildman–Crippen MR) is 62.0 cm³/mol. The van der Waals surface area contributed by atoms with Gasteiger partial charge in [0.15, 0.2) is 5.79 Å². The Labute approximate surface area is 98.1 Å². The highest BCUT2D eigenvalue weighted by Crippen LogP contribution is 2.47. The second-order valence-corrected chi connectivity index (χ2v) is 5.78. The summed E-state index contributed by atoms with van der Waals surface area (Å²) in [5, 5.41) is 9.17. The first-order valence-electron chi connectivity index (χ1n) is 6.50. The van der Waals surface area contributed by atoms with Gasteiger partial charge in [-0.2, -0.15) is 0 Å². The van der Waals surface area contributed by atoms with Crippen LogP contribution in [0.3, 0.4) is 0 Å². The van der Waals surface area contributed by atoms with Crippen LogP contribution in [0.4, 0.5) is 0 Å². The molecule has 1 aliphatic carbocycles. The largest absolute Gasteiger partial charge is 0.394 e. The third-order valence-corrected chi connectivity index (χ3v) is 4.06. The Balaban J connectivity index is 2.13. The zero-order valence-corrected chi connectivity index (χ0v) is 10.6. The van der Waals surface area contributed by atoms with Crippen molar-refractivity contribution in [1.29, 1.82) is 0 Å². The molecule has 94 valence electrons. The molecule has 1 N–H and O–H groups in total. The SMILES string of the molecule is CC1CC[C@@H](C(C)C)C2(C1)OCC(CO)O2. The number of hydrogen-bond acceptors (Lipinski definition) is 3.